The van der Waals surface area contributed by atoms with Gasteiger partial charge < -0.3 is 20.1 Å². The predicted molar refractivity (Wildman–Crippen MR) is 99.2 cm³/mol. The van der Waals surface area contributed by atoms with Crippen molar-refractivity contribution in [3.8, 4) is 11.5 Å². The molecule has 0 aliphatic heterocycles. The Hall–Kier alpha value is -2.24. The van der Waals surface area contributed by atoms with E-state index in [1.807, 2.05) is 0 Å². The summed E-state index contributed by atoms with van der Waals surface area (Å²) in [6.45, 7) is 2.71. The molecule has 0 fully saturated rings. The summed E-state index contributed by atoms with van der Waals surface area (Å²) in [5.41, 5.74) is 0.401. The van der Waals surface area contributed by atoms with E-state index in [-0.39, 0.29) is 0 Å². The number of carbonyl (C=O) groups excluding carboxylic acids is 2. The number of hydrogen-bond donors (Lipinski definition) is 2. The van der Waals surface area contributed by atoms with Crippen LogP contribution in [0.5, 0.6) is 11.5 Å². The first-order valence-electron chi connectivity index (χ1n) is 8.93. The van der Waals surface area contributed by atoms with Crippen molar-refractivity contribution >= 4 is 17.5 Å². The van der Waals surface area contributed by atoms with E-state index in [0.717, 1.165) is 12.8 Å². The van der Waals surface area contributed by atoms with Crippen molar-refractivity contribution < 1.29 is 19.1 Å². The number of benzene rings is 1. The number of rotatable bonds is 11. The Bertz CT molecular complexity index is 546. The standard InChI is InChI=1S/C19H30N2O4/c1-4-5-6-7-8-9-10-13-20-18(22)19(23)21-16-14-15(24-2)11-12-17(16)25-3/h11-12,14H,4-10,13H2,1-3H3,(H,20,22)(H,21,23). The largest absolute Gasteiger partial charge is 0.497 e. The highest BCUT2D eigenvalue weighted by Crippen LogP contribution is 2.28. The van der Waals surface area contributed by atoms with Crippen molar-refractivity contribution in [2.75, 3.05) is 26.1 Å². The van der Waals surface area contributed by atoms with Crippen LogP contribution in [0.3, 0.4) is 0 Å². The smallest absolute Gasteiger partial charge is 0.313 e. The first-order chi connectivity index (χ1) is 12.1. The number of ether oxygens (including phenoxy) is 2. The minimum atomic E-state index is -0.713. The second-order valence-corrected chi connectivity index (χ2v) is 5.90. The molecular weight excluding hydrogens is 320 g/mol. The number of amides is 2. The Morgan fingerprint density at radius 1 is 0.920 bits per heavy atom. The zero-order valence-electron chi connectivity index (χ0n) is 15.5. The molecule has 0 atom stereocenters. The molecule has 6 heteroatoms. The highest BCUT2D eigenvalue weighted by Gasteiger charge is 2.15. The third kappa shape index (κ3) is 7.92. The van der Waals surface area contributed by atoms with Crippen LogP contribution in [0.4, 0.5) is 5.69 Å². The minimum Gasteiger partial charge on any atom is -0.497 e. The van der Waals surface area contributed by atoms with Crippen LogP contribution in [-0.4, -0.2) is 32.6 Å². The Labute approximate surface area is 150 Å². The van der Waals surface area contributed by atoms with Gasteiger partial charge in [0, 0.05) is 12.6 Å². The van der Waals surface area contributed by atoms with Gasteiger partial charge in [-0.3, -0.25) is 9.59 Å². The summed E-state index contributed by atoms with van der Waals surface area (Å²) >= 11 is 0. The van der Waals surface area contributed by atoms with Crippen LogP contribution in [0, 0.1) is 0 Å². The molecule has 0 saturated heterocycles. The molecule has 0 aliphatic rings. The first kappa shape index (κ1) is 20.8. The summed E-state index contributed by atoms with van der Waals surface area (Å²) in [5.74, 6) is -0.320. The van der Waals surface area contributed by atoms with Crippen LogP contribution in [-0.2, 0) is 9.59 Å². The SMILES string of the molecule is CCCCCCCCCNC(=O)C(=O)Nc1cc(OC)ccc1OC. The molecule has 2 N–H and O–H groups in total. The number of nitrogens with one attached hydrogen (secondary N) is 2. The lowest BCUT2D eigenvalue weighted by atomic mass is 10.1. The van der Waals surface area contributed by atoms with Crippen LogP contribution in [0.15, 0.2) is 18.2 Å². The van der Waals surface area contributed by atoms with Crippen molar-refractivity contribution in [3.05, 3.63) is 18.2 Å². The van der Waals surface area contributed by atoms with Crippen molar-refractivity contribution in [1.82, 2.24) is 5.32 Å². The molecule has 2 amide bonds. The third-order valence-corrected chi connectivity index (χ3v) is 3.93. The Balaban J connectivity index is 2.34. The summed E-state index contributed by atoms with van der Waals surface area (Å²) in [4.78, 5) is 23.9. The van der Waals surface area contributed by atoms with Gasteiger partial charge in [0.15, 0.2) is 0 Å². The maximum atomic E-state index is 12.0. The molecule has 0 aromatic heterocycles. The lowest BCUT2D eigenvalue weighted by Crippen LogP contribution is -2.36. The molecule has 6 nitrogen and oxygen atoms in total. The van der Waals surface area contributed by atoms with Gasteiger partial charge in [-0.25, -0.2) is 0 Å². The highest BCUT2D eigenvalue weighted by atomic mass is 16.5. The van der Waals surface area contributed by atoms with Crippen LogP contribution in [0.2, 0.25) is 0 Å². The van der Waals surface area contributed by atoms with Crippen LogP contribution >= 0.6 is 0 Å². The maximum Gasteiger partial charge on any atom is 0.313 e. The van der Waals surface area contributed by atoms with Gasteiger partial charge in [0.05, 0.1) is 19.9 Å². The summed E-state index contributed by atoms with van der Waals surface area (Å²) in [6.07, 6.45) is 8.14. The number of unbranched alkanes of at least 4 members (excludes halogenated alkanes) is 6. The molecule has 140 valence electrons. The molecule has 0 heterocycles. The molecule has 1 aromatic carbocycles. The molecule has 25 heavy (non-hydrogen) atoms. The van der Waals surface area contributed by atoms with Crippen molar-refractivity contribution in [3.63, 3.8) is 0 Å². The van der Waals surface area contributed by atoms with E-state index in [1.165, 1.54) is 46.3 Å². The van der Waals surface area contributed by atoms with E-state index in [4.69, 9.17) is 9.47 Å². The average molecular weight is 350 g/mol. The van der Waals surface area contributed by atoms with E-state index in [0.29, 0.717) is 23.7 Å². The molecule has 1 rings (SSSR count). The Kier molecular flexibility index (Phi) is 10.1. The fourth-order valence-corrected chi connectivity index (χ4v) is 2.46. The van der Waals surface area contributed by atoms with Gasteiger partial charge in [-0.1, -0.05) is 45.4 Å². The summed E-state index contributed by atoms with van der Waals surface area (Å²) in [6, 6.07) is 5.00. The zero-order chi connectivity index (χ0) is 18.5. The summed E-state index contributed by atoms with van der Waals surface area (Å²) in [5, 5.41) is 5.20. The summed E-state index contributed by atoms with van der Waals surface area (Å²) in [7, 11) is 3.03. The third-order valence-electron chi connectivity index (χ3n) is 3.93. The van der Waals surface area contributed by atoms with E-state index >= 15 is 0 Å². The van der Waals surface area contributed by atoms with Gasteiger partial charge in [-0.2, -0.15) is 0 Å². The molecular formula is C19H30N2O4. The Morgan fingerprint density at radius 2 is 1.60 bits per heavy atom. The van der Waals surface area contributed by atoms with E-state index in [1.54, 1.807) is 18.2 Å². The molecule has 0 spiro atoms. The summed E-state index contributed by atoms with van der Waals surface area (Å²) < 4.78 is 10.3. The Morgan fingerprint density at radius 3 is 2.24 bits per heavy atom. The van der Waals surface area contributed by atoms with Gasteiger partial charge in [0.2, 0.25) is 0 Å². The molecule has 0 aliphatic carbocycles. The van der Waals surface area contributed by atoms with Gasteiger partial charge in [-0.15, -0.1) is 0 Å². The number of carbonyl (C=O) groups is 2. The van der Waals surface area contributed by atoms with Crippen molar-refractivity contribution in [1.29, 1.82) is 0 Å². The lowest BCUT2D eigenvalue weighted by molar-refractivity contribution is -0.136. The van der Waals surface area contributed by atoms with Crippen molar-refractivity contribution in [2.45, 2.75) is 51.9 Å². The fraction of sp³-hybridized carbons (Fsp3) is 0.579. The monoisotopic (exact) mass is 350 g/mol. The zero-order valence-corrected chi connectivity index (χ0v) is 15.5. The molecule has 0 saturated carbocycles. The molecule has 0 bridgehead atoms. The lowest BCUT2D eigenvalue weighted by Gasteiger charge is -2.11. The number of hydrogen-bond acceptors (Lipinski definition) is 4. The maximum absolute atomic E-state index is 12.0. The van der Waals surface area contributed by atoms with Gasteiger partial charge >= 0.3 is 11.8 Å². The minimum absolute atomic E-state index is 0.401. The second kappa shape index (κ2) is 12.2. The van der Waals surface area contributed by atoms with Crippen LogP contribution < -0.4 is 20.1 Å². The van der Waals surface area contributed by atoms with Gasteiger partial charge in [-0.05, 0) is 18.6 Å². The topological polar surface area (TPSA) is 76.7 Å². The van der Waals surface area contributed by atoms with Crippen LogP contribution in [0.25, 0.3) is 0 Å². The first-order valence-corrected chi connectivity index (χ1v) is 8.93. The van der Waals surface area contributed by atoms with E-state index in [9.17, 15) is 9.59 Å². The quantitative estimate of drug-likeness (QED) is 0.473. The van der Waals surface area contributed by atoms with Crippen molar-refractivity contribution in [2.24, 2.45) is 0 Å². The van der Waals surface area contributed by atoms with Crippen LogP contribution in [0.1, 0.15) is 51.9 Å². The normalized spacial score (nSPS) is 10.2. The number of methoxy groups -OCH3 is 2. The van der Waals surface area contributed by atoms with Gasteiger partial charge in [0.25, 0.3) is 0 Å². The van der Waals surface area contributed by atoms with E-state index < -0.39 is 11.8 Å². The molecule has 0 unspecified atom stereocenters. The predicted octanol–water partition coefficient (Wildman–Crippen LogP) is 3.51. The van der Waals surface area contributed by atoms with E-state index in [2.05, 4.69) is 17.6 Å². The fourth-order valence-electron chi connectivity index (χ4n) is 2.46. The molecule has 1 aromatic rings. The van der Waals surface area contributed by atoms with Gasteiger partial charge in [0.1, 0.15) is 11.5 Å². The molecule has 0 radical (unpaired) electrons. The second-order valence-electron chi connectivity index (χ2n) is 5.90. The number of anilines is 1. The highest BCUT2D eigenvalue weighted by molar-refractivity contribution is 6.39. The average Bonchev–Trinajstić information content (AvgIpc) is 2.63.